The highest BCUT2D eigenvalue weighted by atomic mass is 79.9. The second-order valence-electron chi connectivity index (χ2n) is 7.80. The first-order valence-corrected chi connectivity index (χ1v) is 11.6. The molecule has 1 amide bonds. The van der Waals surface area contributed by atoms with Crippen LogP contribution >= 0.6 is 15.9 Å². The summed E-state index contributed by atoms with van der Waals surface area (Å²) in [6.45, 7) is 6.71. The minimum absolute atomic E-state index is 0.0976. The Bertz CT molecular complexity index is 1250. The summed E-state index contributed by atoms with van der Waals surface area (Å²) in [6.07, 6.45) is 0. The topological polar surface area (TPSA) is 69.0 Å². The van der Waals surface area contributed by atoms with Gasteiger partial charge >= 0.3 is 0 Å². The molecule has 0 aliphatic carbocycles. The third-order valence-electron chi connectivity index (χ3n) is 5.12. The second kappa shape index (κ2) is 10.0. The fraction of sp³-hybridized carbons (Fsp3) is 0.192. The van der Waals surface area contributed by atoms with Gasteiger partial charge in [-0.3, -0.25) is 4.79 Å². The van der Waals surface area contributed by atoms with Crippen molar-refractivity contribution < 1.29 is 9.53 Å². The quantitative estimate of drug-likeness (QED) is 0.313. The summed E-state index contributed by atoms with van der Waals surface area (Å²) in [6, 6.07) is 23.1. The molecule has 4 aromatic rings. The van der Waals surface area contributed by atoms with Crippen LogP contribution in [0.4, 0.5) is 5.69 Å². The van der Waals surface area contributed by atoms with Gasteiger partial charge in [-0.1, -0.05) is 60.1 Å². The van der Waals surface area contributed by atoms with Crippen molar-refractivity contribution in [1.29, 1.82) is 0 Å². The van der Waals surface area contributed by atoms with Gasteiger partial charge in [-0.05, 0) is 60.9 Å². The molecule has 0 aliphatic heterocycles. The predicted octanol–water partition coefficient (Wildman–Crippen LogP) is 6.47. The van der Waals surface area contributed by atoms with E-state index >= 15 is 0 Å². The number of aromatic nitrogens is 3. The molecule has 1 aromatic heterocycles. The molecule has 0 fully saturated rings. The maximum absolute atomic E-state index is 13.2. The molecule has 0 saturated heterocycles. The smallest absolute Gasteiger partial charge is 0.295 e. The third-order valence-corrected chi connectivity index (χ3v) is 5.61. The molecular formula is C26H25BrN4O2. The highest BCUT2D eigenvalue weighted by Gasteiger charge is 2.20. The number of carbonyl (C=O) groups is 1. The Hall–Kier alpha value is -3.45. The average Bonchev–Trinajstić information content (AvgIpc) is 3.27. The Morgan fingerprint density at radius 2 is 1.79 bits per heavy atom. The molecule has 33 heavy (non-hydrogen) atoms. The van der Waals surface area contributed by atoms with Crippen LogP contribution < -0.4 is 10.1 Å². The van der Waals surface area contributed by atoms with Crippen molar-refractivity contribution in [2.75, 3.05) is 11.9 Å². The van der Waals surface area contributed by atoms with Crippen LogP contribution in [0, 0.1) is 0 Å². The molecule has 7 heteroatoms. The molecule has 0 atom stereocenters. The maximum Gasteiger partial charge on any atom is 0.295 e. The normalized spacial score (nSPS) is 10.9. The maximum atomic E-state index is 13.2. The van der Waals surface area contributed by atoms with Crippen molar-refractivity contribution in [1.82, 2.24) is 14.8 Å². The summed E-state index contributed by atoms with van der Waals surface area (Å²) in [5, 5.41) is 7.55. The van der Waals surface area contributed by atoms with Crippen LogP contribution in [0.1, 0.15) is 42.9 Å². The molecular weight excluding hydrogens is 480 g/mol. The van der Waals surface area contributed by atoms with E-state index in [-0.39, 0.29) is 17.6 Å². The SMILES string of the molecule is CCOc1ccc(-n2nc(C(=O)Nc3ccc(Br)cc3C(C)C)nc2-c2ccccc2)cc1. The van der Waals surface area contributed by atoms with E-state index in [9.17, 15) is 4.79 Å². The van der Waals surface area contributed by atoms with Crippen molar-refractivity contribution in [2.45, 2.75) is 26.7 Å². The lowest BCUT2D eigenvalue weighted by molar-refractivity contribution is 0.101. The van der Waals surface area contributed by atoms with Gasteiger partial charge in [0.1, 0.15) is 5.75 Å². The number of nitrogens with one attached hydrogen (secondary N) is 1. The van der Waals surface area contributed by atoms with Gasteiger partial charge in [-0.2, -0.15) is 0 Å². The third kappa shape index (κ3) is 5.14. The van der Waals surface area contributed by atoms with Gasteiger partial charge in [-0.15, -0.1) is 5.10 Å². The van der Waals surface area contributed by atoms with Crippen molar-refractivity contribution in [2.24, 2.45) is 0 Å². The van der Waals surface area contributed by atoms with Gasteiger partial charge in [0.05, 0.1) is 12.3 Å². The molecule has 4 rings (SSSR count). The number of anilines is 1. The van der Waals surface area contributed by atoms with Gasteiger partial charge in [0.25, 0.3) is 5.91 Å². The number of rotatable bonds is 7. The van der Waals surface area contributed by atoms with Crippen LogP contribution in [-0.2, 0) is 0 Å². The molecule has 0 bridgehead atoms. The number of hydrogen-bond donors (Lipinski definition) is 1. The van der Waals surface area contributed by atoms with Crippen LogP contribution in [-0.4, -0.2) is 27.3 Å². The van der Waals surface area contributed by atoms with Gasteiger partial charge in [0.15, 0.2) is 5.82 Å². The summed E-state index contributed by atoms with van der Waals surface area (Å²) in [4.78, 5) is 17.8. The lowest BCUT2D eigenvalue weighted by atomic mass is 10.0. The molecule has 6 nitrogen and oxygen atoms in total. The summed E-state index contributed by atoms with van der Waals surface area (Å²) in [5.41, 5.74) is 3.43. The minimum atomic E-state index is -0.360. The van der Waals surface area contributed by atoms with Crippen LogP contribution in [0.3, 0.4) is 0 Å². The van der Waals surface area contributed by atoms with E-state index in [4.69, 9.17) is 4.74 Å². The van der Waals surface area contributed by atoms with Crippen molar-refractivity contribution >= 4 is 27.5 Å². The summed E-state index contributed by atoms with van der Waals surface area (Å²) in [5.74, 6) is 1.34. The predicted molar refractivity (Wildman–Crippen MR) is 134 cm³/mol. The second-order valence-corrected chi connectivity index (χ2v) is 8.72. The lowest BCUT2D eigenvalue weighted by Gasteiger charge is -2.13. The van der Waals surface area contributed by atoms with E-state index in [1.165, 1.54) is 0 Å². The highest BCUT2D eigenvalue weighted by Crippen LogP contribution is 2.28. The van der Waals surface area contributed by atoms with E-state index in [1.54, 1.807) is 4.68 Å². The van der Waals surface area contributed by atoms with E-state index < -0.39 is 0 Å². The molecule has 3 aromatic carbocycles. The molecule has 1 N–H and O–H groups in total. The average molecular weight is 505 g/mol. The molecule has 0 unspecified atom stereocenters. The zero-order chi connectivity index (χ0) is 23.4. The van der Waals surface area contributed by atoms with Crippen LogP contribution in [0.25, 0.3) is 17.1 Å². The number of carbonyl (C=O) groups excluding carboxylic acids is 1. The highest BCUT2D eigenvalue weighted by molar-refractivity contribution is 9.10. The van der Waals surface area contributed by atoms with Gasteiger partial charge in [0.2, 0.25) is 5.82 Å². The minimum Gasteiger partial charge on any atom is -0.494 e. The summed E-state index contributed by atoms with van der Waals surface area (Å²) < 4.78 is 8.20. The largest absolute Gasteiger partial charge is 0.494 e. The van der Waals surface area contributed by atoms with Crippen LogP contribution in [0.5, 0.6) is 5.75 Å². The molecule has 0 radical (unpaired) electrons. The number of amides is 1. The standard InChI is InChI=1S/C26H25BrN4O2/c1-4-33-21-13-11-20(12-14-21)31-25(18-8-6-5-7-9-18)29-24(30-31)26(32)28-23-15-10-19(27)16-22(23)17(2)3/h5-17H,4H2,1-3H3,(H,28,32). The number of ether oxygens (including phenoxy) is 1. The Kier molecular flexibility index (Phi) is 6.89. The molecule has 0 aliphatic rings. The van der Waals surface area contributed by atoms with Crippen molar-refractivity contribution in [3.8, 4) is 22.8 Å². The molecule has 0 saturated carbocycles. The zero-order valence-electron chi connectivity index (χ0n) is 18.7. The van der Waals surface area contributed by atoms with E-state index in [2.05, 4.69) is 45.2 Å². The van der Waals surface area contributed by atoms with Crippen LogP contribution in [0.2, 0.25) is 0 Å². The Morgan fingerprint density at radius 1 is 1.06 bits per heavy atom. The number of benzene rings is 3. The molecule has 0 spiro atoms. The zero-order valence-corrected chi connectivity index (χ0v) is 20.3. The Balaban J connectivity index is 1.72. The van der Waals surface area contributed by atoms with Crippen LogP contribution in [0.15, 0.2) is 77.3 Å². The first kappa shape index (κ1) is 22.7. The number of halogens is 1. The van der Waals surface area contributed by atoms with E-state index in [0.29, 0.717) is 12.4 Å². The lowest BCUT2D eigenvalue weighted by Crippen LogP contribution is -2.16. The summed E-state index contributed by atoms with van der Waals surface area (Å²) in [7, 11) is 0. The van der Waals surface area contributed by atoms with E-state index in [1.807, 2.05) is 79.7 Å². The van der Waals surface area contributed by atoms with Gasteiger partial charge in [-0.25, -0.2) is 9.67 Å². The fourth-order valence-electron chi connectivity index (χ4n) is 3.52. The summed E-state index contributed by atoms with van der Waals surface area (Å²) >= 11 is 3.51. The first-order valence-electron chi connectivity index (χ1n) is 10.8. The first-order chi connectivity index (χ1) is 16.0. The Labute approximate surface area is 201 Å². The molecule has 1 heterocycles. The number of nitrogens with zero attached hydrogens (tertiary/aromatic N) is 3. The van der Waals surface area contributed by atoms with Gasteiger partial charge in [0, 0.05) is 15.7 Å². The van der Waals surface area contributed by atoms with Gasteiger partial charge < -0.3 is 10.1 Å². The number of hydrogen-bond acceptors (Lipinski definition) is 4. The van der Waals surface area contributed by atoms with Crippen molar-refractivity contribution in [3.05, 3.63) is 88.7 Å². The Morgan fingerprint density at radius 3 is 2.45 bits per heavy atom. The van der Waals surface area contributed by atoms with Crippen molar-refractivity contribution in [3.63, 3.8) is 0 Å². The monoisotopic (exact) mass is 504 g/mol. The van der Waals surface area contributed by atoms with E-state index in [0.717, 1.165) is 32.7 Å². The fourth-order valence-corrected chi connectivity index (χ4v) is 3.89. The molecule has 168 valence electrons.